The van der Waals surface area contributed by atoms with E-state index >= 15 is 0 Å². The van der Waals surface area contributed by atoms with Crippen molar-refractivity contribution in [3.8, 4) is 0 Å². The summed E-state index contributed by atoms with van der Waals surface area (Å²) in [5, 5.41) is 9.73. The molecule has 0 amide bonds. The molecule has 134 valence electrons. The van der Waals surface area contributed by atoms with E-state index in [1.54, 1.807) is 25.4 Å². The molecule has 0 fully saturated rings. The Morgan fingerprint density at radius 1 is 1.23 bits per heavy atom. The number of aromatic nitrogens is 2. The standard InChI is InChI=1S/C20H21N3O2S/c1-10-5-11(2)21-13(10)6-16-18(25-4)7-14(22-16)15-8-20-17(23-15)9-19(26-20)12(3)24/h5-9,12,21,23-24H,1-4H3. The van der Waals surface area contributed by atoms with Crippen molar-refractivity contribution < 1.29 is 9.84 Å². The van der Waals surface area contributed by atoms with Crippen molar-refractivity contribution in [3.05, 3.63) is 63.3 Å². The number of rotatable bonds is 4. The van der Waals surface area contributed by atoms with Gasteiger partial charge in [-0.15, -0.1) is 11.3 Å². The molecule has 0 aromatic carbocycles. The highest BCUT2D eigenvalue weighted by Crippen LogP contribution is 2.32. The maximum atomic E-state index is 9.73. The Labute approximate surface area is 155 Å². The number of ether oxygens (including phenoxy) is 1. The Morgan fingerprint density at radius 3 is 2.65 bits per heavy atom. The molecule has 5 nitrogen and oxygen atoms in total. The van der Waals surface area contributed by atoms with Crippen LogP contribution >= 0.6 is 11.3 Å². The molecule has 0 spiro atoms. The van der Waals surface area contributed by atoms with Crippen LogP contribution in [0.1, 0.15) is 40.6 Å². The van der Waals surface area contributed by atoms with Gasteiger partial charge in [-0.2, -0.15) is 0 Å². The highest BCUT2D eigenvalue weighted by Gasteiger charge is 2.19. The second-order valence-corrected chi connectivity index (χ2v) is 7.69. The Bertz CT molecular complexity index is 1040. The molecule has 1 atom stereocenters. The highest BCUT2D eigenvalue weighted by atomic mass is 32.1. The molecule has 0 bridgehead atoms. The number of aromatic amines is 2. The topological polar surface area (TPSA) is 73.4 Å². The number of fused-ring (bicyclic) bond motifs is 1. The smallest absolute Gasteiger partial charge is 0.146 e. The van der Waals surface area contributed by atoms with Gasteiger partial charge >= 0.3 is 0 Å². The van der Waals surface area contributed by atoms with Gasteiger partial charge in [-0.05, 0) is 50.6 Å². The molecule has 4 heterocycles. The summed E-state index contributed by atoms with van der Waals surface area (Å²) in [5.41, 5.74) is 6.95. The average molecular weight is 367 g/mol. The molecule has 3 aromatic heterocycles. The average Bonchev–Trinajstić information content (AvgIpc) is 3.30. The molecule has 1 aliphatic rings. The first-order valence-electron chi connectivity index (χ1n) is 8.48. The number of thiophene rings is 1. The van der Waals surface area contributed by atoms with Crippen molar-refractivity contribution in [2.75, 3.05) is 7.11 Å². The van der Waals surface area contributed by atoms with E-state index < -0.39 is 6.10 Å². The van der Waals surface area contributed by atoms with Crippen LogP contribution in [0.3, 0.4) is 0 Å². The Kier molecular flexibility index (Phi) is 4.09. The molecule has 3 aromatic rings. The number of hydrogen-bond acceptors (Lipinski definition) is 4. The molecule has 3 N–H and O–H groups in total. The Morgan fingerprint density at radius 2 is 2.04 bits per heavy atom. The summed E-state index contributed by atoms with van der Waals surface area (Å²) >= 11 is 1.59. The van der Waals surface area contributed by atoms with Crippen molar-refractivity contribution in [1.82, 2.24) is 9.97 Å². The lowest BCUT2D eigenvalue weighted by Gasteiger charge is -2.01. The zero-order valence-corrected chi connectivity index (χ0v) is 16.0. The third-order valence-corrected chi connectivity index (χ3v) is 5.72. The predicted octanol–water partition coefficient (Wildman–Crippen LogP) is 4.60. The molecule has 0 saturated carbocycles. The van der Waals surface area contributed by atoms with Crippen LogP contribution in [0.5, 0.6) is 0 Å². The van der Waals surface area contributed by atoms with Crippen LogP contribution in [-0.2, 0) is 4.74 Å². The number of methoxy groups -OCH3 is 1. The maximum absolute atomic E-state index is 9.73. The first-order chi connectivity index (χ1) is 12.4. The van der Waals surface area contributed by atoms with Crippen molar-refractivity contribution >= 4 is 33.3 Å². The summed E-state index contributed by atoms with van der Waals surface area (Å²) in [7, 11) is 1.66. The van der Waals surface area contributed by atoms with Crippen LogP contribution in [-0.4, -0.2) is 27.9 Å². The number of aliphatic hydroxyl groups excluding tert-OH is 1. The zero-order valence-electron chi connectivity index (χ0n) is 15.2. The number of aliphatic hydroxyl groups is 1. The number of nitrogens with zero attached hydrogens (tertiary/aromatic N) is 1. The molecule has 1 aliphatic heterocycles. The summed E-state index contributed by atoms with van der Waals surface area (Å²) < 4.78 is 6.63. The molecule has 1 unspecified atom stereocenters. The van der Waals surface area contributed by atoms with Crippen molar-refractivity contribution in [2.45, 2.75) is 26.9 Å². The zero-order chi connectivity index (χ0) is 18.4. The summed E-state index contributed by atoms with van der Waals surface area (Å²) in [5.74, 6) is 0.745. The van der Waals surface area contributed by atoms with E-state index in [1.165, 1.54) is 5.56 Å². The molecule has 4 rings (SSSR count). The van der Waals surface area contributed by atoms with Gasteiger partial charge < -0.3 is 19.8 Å². The first kappa shape index (κ1) is 16.9. The minimum atomic E-state index is -0.449. The second-order valence-electron chi connectivity index (χ2n) is 6.57. The fourth-order valence-electron chi connectivity index (χ4n) is 3.14. The van der Waals surface area contributed by atoms with Gasteiger partial charge in [0.15, 0.2) is 0 Å². The van der Waals surface area contributed by atoms with Gasteiger partial charge in [0.25, 0.3) is 0 Å². The van der Waals surface area contributed by atoms with Crippen molar-refractivity contribution in [3.63, 3.8) is 0 Å². The number of allylic oxidation sites excluding steroid dienone is 1. The normalized spacial score (nSPS) is 17.0. The van der Waals surface area contributed by atoms with E-state index in [9.17, 15) is 5.11 Å². The van der Waals surface area contributed by atoms with Crippen molar-refractivity contribution in [1.29, 1.82) is 0 Å². The minimum absolute atomic E-state index is 0.449. The Hall–Kier alpha value is -2.57. The van der Waals surface area contributed by atoms with E-state index in [1.807, 2.05) is 25.1 Å². The number of H-pyrrole nitrogens is 2. The SMILES string of the molecule is COC1=CC(c2cc3sc(C(C)O)cc3[nH]2)=NC1=Cc1[nH]c(C)cc1C. The predicted molar refractivity (Wildman–Crippen MR) is 107 cm³/mol. The summed E-state index contributed by atoms with van der Waals surface area (Å²) in [6, 6.07) is 6.18. The Balaban J connectivity index is 1.71. The van der Waals surface area contributed by atoms with Gasteiger partial charge in [-0.3, -0.25) is 0 Å². The monoisotopic (exact) mass is 367 g/mol. The molecule has 26 heavy (non-hydrogen) atoms. The van der Waals surface area contributed by atoms with Crippen LogP contribution < -0.4 is 0 Å². The van der Waals surface area contributed by atoms with Crippen molar-refractivity contribution in [2.24, 2.45) is 4.99 Å². The molecular weight excluding hydrogens is 346 g/mol. The molecule has 6 heteroatoms. The quantitative estimate of drug-likeness (QED) is 0.630. The van der Waals surface area contributed by atoms with Crippen LogP contribution in [0.25, 0.3) is 16.3 Å². The van der Waals surface area contributed by atoms with E-state index in [-0.39, 0.29) is 0 Å². The minimum Gasteiger partial charge on any atom is -0.494 e. The van der Waals surface area contributed by atoms with E-state index in [4.69, 9.17) is 9.73 Å². The van der Waals surface area contributed by atoms with Gasteiger partial charge in [0.2, 0.25) is 0 Å². The summed E-state index contributed by atoms with van der Waals surface area (Å²) in [4.78, 5) is 12.4. The molecular formula is C20H21N3O2S. The third kappa shape index (κ3) is 2.91. The first-order valence-corrected chi connectivity index (χ1v) is 9.30. The van der Waals surface area contributed by atoms with Crippen LogP contribution in [0.15, 0.2) is 40.7 Å². The van der Waals surface area contributed by atoms with Crippen LogP contribution in [0.4, 0.5) is 0 Å². The maximum Gasteiger partial charge on any atom is 0.146 e. The van der Waals surface area contributed by atoms with Gasteiger partial charge in [0.1, 0.15) is 11.5 Å². The fourth-order valence-corrected chi connectivity index (χ4v) is 4.14. The number of hydrogen-bond donors (Lipinski definition) is 3. The number of aryl methyl sites for hydroxylation is 2. The van der Waals surface area contributed by atoms with Crippen LogP contribution in [0.2, 0.25) is 0 Å². The highest BCUT2D eigenvalue weighted by molar-refractivity contribution is 7.19. The summed E-state index contributed by atoms with van der Waals surface area (Å²) in [6.07, 6.45) is 3.51. The largest absolute Gasteiger partial charge is 0.494 e. The number of aliphatic imine (C=N–C) groups is 1. The molecule has 0 radical (unpaired) electrons. The summed E-state index contributed by atoms with van der Waals surface area (Å²) in [6.45, 7) is 5.89. The lowest BCUT2D eigenvalue weighted by atomic mass is 10.2. The second kappa shape index (κ2) is 6.30. The van der Waals surface area contributed by atoms with E-state index in [0.717, 1.165) is 49.3 Å². The van der Waals surface area contributed by atoms with Gasteiger partial charge in [-0.1, -0.05) is 0 Å². The van der Waals surface area contributed by atoms with Gasteiger partial charge in [0, 0.05) is 22.3 Å². The fraction of sp³-hybridized carbons (Fsp3) is 0.250. The number of nitrogens with one attached hydrogen (secondary N) is 2. The van der Waals surface area contributed by atoms with E-state index in [0.29, 0.717) is 0 Å². The van der Waals surface area contributed by atoms with Gasteiger partial charge in [-0.25, -0.2) is 4.99 Å². The van der Waals surface area contributed by atoms with Gasteiger partial charge in [0.05, 0.1) is 34.8 Å². The lowest BCUT2D eigenvalue weighted by Crippen LogP contribution is -1.93. The lowest BCUT2D eigenvalue weighted by molar-refractivity contribution is 0.203. The van der Waals surface area contributed by atoms with Crippen LogP contribution in [0, 0.1) is 13.8 Å². The van der Waals surface area contributed by atoms with E-state index in [2.05, 4.69) is 29.0 Å². The molecule has 0 aliphatic carbocycles. The molecule has 0 saturated heterocycles. The third-order valence-electron chi connectivity index (χ3n) is 4.46.